The minimum absolute atomic E-state index is 0.0580. The summed E-state index contributed by atoms with van der Waals surface area (Å²) in [5.41, 5.74) is 0.765. The van der Waals surface area contributed by atoms with E-state index in [2.05, 4.69) is 10.3 Å². The summed E-state index contributed by atoms with van der Waals surface area (Å²) < 4.78 is 10.7. The number of hydrogen-bond acceptors (Lipinski definition) is 7. The number of non-ortho nitro benzene ring substituents is 1. The number of benzene rings is 1. The van der Waals surface area contributed by atoms with Crippen LogP contribution in [0.3, 0.4) is 0 Å². The number of hydrogen-bond donors (Lipinski definition) is 1. The van der Waals surface area contributed by atoms with Gasteiger partial charge >= 0.3 is 0 Å². The van der Waals surface area contributed by atoms with Gasteiger partial charge in [0.15, 0.2) is 5.58 Å². The molecule has 2 heterocycles. The van der Waals surface area contributed by atoms with E-state index >= 15 is 0 Å². The number of oxazole rings is 1. The van der Waals surface area contributed by atoms with E-state index < -0.39 is 4.92 Å². The highest BCUT2D eigenvalue weighted by molar-refractivity contribution is 7.99. The van der Waals surface area contributed by atoms with Crippen LogP contribution in [0.4, 0.5) is 5.69 Å². The first-order chi connectivity index (χ1) is 11.5. The predicted octanol–water partition coefficient (Wildman–Crippen LogP) is 3.30. The molecule has 2 aromatic heterocycles. The Labute approximate surface area is 140 Å². The first kappa shape index (κ1) is 16.1. The molecule has 0 radical (unpaired) electrons. The van der Waals surface area contributed by atoms with Gasteiger partial charge in [0.1, 0.15) is 11.3 Å². The minimum Gasteiger partial charge on any atom is -0.467 e. The predicted molar refractivity (Wildman–Crippen MR) is 86.7 cm³/mol. The van der Waals surface area contributed by atoms with Gasteiger partial charge in [-0.3, -0.25) is 14.9 Å². The number of aromatic nitrogens is 1. The lowest BCUT2D eigenvalue weighted by Crippen LogP contribution is -2.27. The van der Waals surface area contributed by atoms with Gasteiger partial charge in [-0.15, -0.1) is 0 Å². The first-order valence-corrected chi connectivity index (χ1v) is 8.02. The summed E-state index contributed by atoms with van der Waals surface area (Å²) in [7, 11) is 0. The number of carbonyl (C=O) groups excluding carboxylic acids is 1. The third-order valence-electron chi connectivity index (χ3n) is 3.24. The van der Waals surface area contributed by atoms with Gasteiger partial charge in [0.25, 0.3) is 10.9 Å². The number of nitro groups is 1. The fraction of sp³-hybridized carbons (Fsp3) is 0.200. The number of thioether (sulfide) groups is 1. The lowest BCUT2D eigenvalue weighted by molar-refractivity contribution is -0.384. The molecule has 124 valence electrons. The Morgan fingerprint density at radius 3 is 3.00 bits per heavy atom. The van der Waals surface area contributed by atoms with Crippen molar-refractivity contribution < 1.29 is 18.6 Å². The van der Waals surface area contributed by atoms with E-state index in [1.54, 1.807) is 18.4 Å². The number of fused-ring (bicyclic) bond motifs is 1. The molecule has 0 saturated carbocycles. The first-order valence-electron chi connectivity index (χ1n) is 7.03. The van der Waals surface area contributed by atoms with E-state index in [4.69, 9.17) is 8.83 Å². The van der Waals surface area contributed by atoms with Crippen molar-refractivity contribution in [2.45, 2.75) is 18.2 Å². The fourth-order valence-electron chi connectivity index (χ4n) is 2.09. The molecule has 1 N–H and O–H groups in total. The lowest BCUT2D eigenvalue weighted by atomic mass is 10.2. The van der Waals surface area contributed by atoms with Gasteiger partial charge in [-0.05, 0) is 25.1 Å². The van der Waals surface area contributed by atoms with Crippen LogP contribution >= 0.6 is 11.8 Å². The van der Waals surface area contributed by atoms with E-state index in [9.17, 15) is 14.9 Å². The van der Waals surface area contributed by atoms with Crippen molar-refractivity contribution in [1.29, 1.82) is 0 Å². The van der Waals surface area contributed by atoms with Crippen LogP contribution in [0.2, 0.25) is 0 Å². The summed E-state index contributed by atoms with van der Waals surface area (Å²) in [5.74, 6) is 0.583. The van der Waals surface area contributed by atoms with Crippen molar-refractivity contribution in [2.24, 2.45) is 0 Å². The molecule has 0 aliphatic rings. The molecule has 0 bridgehead atoms. The second kappa shape index (κ2) is 6.75. The highest BCUT2D eigenvalue weighted by Gasteiger charge is 2.15. The maximum atomic E-state index is 11.9. The number of carbonyl (C=O) groups is 1. The molecule has 1 atom stereocenters. The molecule has 0 aliphatic carbocycles. The topological polar surface area (TPSA) is 111 Å². The van der Waals surface area contributed by atoms with E-state index in [0.29, 0.717) is 16.9 Å². The van der Waals surface area contributed by atoms with Gasteiger partial charge in [0, 0.05) is 12.1 Å². The van der Waals surface area contributed by atoms with Gasteiger partial charge in [-0.2, -0.15) is 0 Å². The molecule has 9 heteroatoms. The number of amides is 1. The number of rotatable bonds is 6. The van der Waals surface area contributed by atoms with Gasteiger partial charge in [0.05, 0.1) is 23.0 Å². The van der Waals surface area contributed by atoms with E-state index in [1.807, 2.05) is 6.92 Å². The largest absolute Gasteiger partial charge is 0.467 e. The number of nitro benzene ring substituents is 1. The van der Waals surface area contributed by atoms with Crippen LogP contribution in [0, 0.1) is 10.1 Å². The fourth-order valence-corrected chi connectivity index (χ4v) is 2.74. The number of nitrogens with one attached hydrogen (secondary N) is 1. The Kier molecular flexibility index (Phi) is 4.52. The van der Waals surface area contributed by atoms with Crippen LogP contribution in [-0.2, 0) is 4.79 Å². The molecule has 0 spiro atoms. The summed E-state index contributed by atoms with van der Waals surface area (Å²) in [6, 6.07) is 7.47. The monoisotopic (exact) mass is 347 g/mol. The number of nitrogens with zero attached hydrogens (tertiary/aromatic N) is 2. The zero-order valence-corrected chi connectivity index (χ0v) is 13.4. The summed E-state index contributed by atoms with van der Waals surface area (Å²) in [6.45, 7) is 1.82. The van der Waals surface area contributed by atoms with Crippen LogP contribution in [0.5, 0.6) is 0 Å². The molecular weight excluding hydrogens is 334 g/mol. The van der Waals surface area contributed by atoms with E-state index in [-0.39, 0.29) is 28.6 Å². The third kappa shape index (κ3) is 3.57. The average molecular weight is 347 g/mol. The molecule has 0 saturated heterocycles. The van der Waals surface area contributed by atoms with Crippen molar-refractivity contribution in [3.63, 3.8) is 0 Å². The average Bonchev–Trinajstić information content (AvgIpc) is 3.21. The summed E-state index contributed by atoms with van der Waals surface area (Å²) in [6.07, 6.45) is 1.55. The van der Waals surface area contributed by atoms with Crippen molar-refractivity contribution in [3.8, 4) is 0 Å². The Morgan fingerprint density at radius 1 is 1.46 bits per heavy atom. The Hall–Kier alpha value is -2.81. The third-order valence-corrected chi connectivity index (χ3v) is 4.06. The van der Waals surface area contributed by atoms with Crippen molar-refractivity contribution >= 4 is 34.5 Å². The summed E-state index contributed by atoms with van der Waals surface area (Å²) >= 11 is 1.12. The molecule has 3 aromatic rings. The zero-order valence-electron chi connectivity index (χ0n) is 12.6. The second-order valence-electron chi connectivity index (χ2n) is 4.98. The molecule has 0 aliphatic heterocycles. The molecule has 0 fully saturated rings. The summed E-state index contributed by atoms with van der Waals surface area (Å²) in [5, 5.41) is 13.8. The lowest BCUT2D eigenvalue weighted by Gasteiger charge is -2.10. The zero-order chi connectivity index (χ0) is 17.1. The quantitative estimate of drug-likeness (QED) is 0.413. The Morgan fingerprint density at radius 2 is 2.29 bits per heavy atom. The van der Waals surface area contributed by atoms with Gasteiger partial charge in [-0.1, -0.05) is 11.8 Å². The smallest absolute Gasteiger partial charge is 0.271 e. The summed E-state index contributed by atoms with van der Waals surface area (Å²) in [4.78, 5) is 26.4. The molecule has 8 nitrogen and oxygen atoms in total. The van der Waals surface area contributed by atoms with Crippen LogP contribution in [-0.4, -0.2) is 21.6 Å². The van der Waals surface area contributed by atoms with Crippen molar-refractivity contribution in [1.82, 2.24) is 10.3 Å². The van der Waals surface area contributed by atoms with Gasteiger partial charge in [-0.25, -0.2) is 4.98 Å². The van der Waals surface area contributed by atoms with Crippen molar-refractivity contribution in [3.05, 3.63) is 52.5 Å². The van der Waals surface area contributed by atoms with Gasteiger partial charge in [0.2, 0.25) is 5.91 Å². The van der Waals surface area contributed by atoms with Gasteiger partial charge < -0.3 is 14.2 Å². The molecule has 1 aromatic carbocycles. The molecular formula is C15H13N3O5S. The molecule has 1 amide bonds. The normalized spacial score (nSPS) is 12.2. The van der Waals surface area contributed by atoms with E-state index in [0.717, 1.165) is 11.8 Å². The van der Waals surface area contributed by atoms with Crippen LogP contribution in [0.25, 0.3) is 11.1 Å². The number of furan rings is 1. The highest BCUT2D eigenvalue weighted by atomic mass is 32.2. The van der Waals surface area contributed by atoms with E-state index in [1.165, 1.54) is 18.2 Å². The SMILES string of the molecule is CC(NC(=O)CSc1nc2cc([N+](=O)[O-])ccc2o1)c1ccco1. The minimum atomic E-state index is -0.496. The Bertz CT molecular complexity index is 875. The van der Waals surface area contributed by atoms with Crippen LogP contribution in [0.15, 0.2) is 50.7 Å². The molecule has 3 rings (SSSR count). The standard InChI is InChI=1S/C15H13N3O5S/c1-9(12-3-2-6-22-12)16-14(19)8-24-15-17-11-7-10(18(20)21)4-5-13(11)23-15/h2-7,9H,8H2,1H3,(H,16,19). The highest BCUT2D eigenvalue weighted by Crippen LogP contribution is 2.26. The second-order valence-corrected chi connectivity index (χ2v) is 5.91. The van der Waals surface area contributed by atoms with Crippen LogP contribution in [0.1, 0.15) is 18.7 Å². The maximum absolute atomic E-state index is 11.9. The Balaban J connectivity index is 1.60. The molecule has 24 heavy (non-hydrogen) atoms. The maximum Gasteiger partial charge on any atom is 0.271 e. The van der Waals surface area contributed by atoms with Crippen molar-refractivity contribution in [2.75, 3.05) is 5.75 Å². The van der Waals surface area contributed by atoms with Crippen LogP contribution < -0.4 is 5.32 Å². The molecule has 1 unspecified atom stereocenters.